The summed E-state index contributed by atoms with van der Waals surface area (Å²) in [6.45, 7) is 6.92. The number of carbonyl (C=O) groups excluding carboxylic acids is 1. The number of rotatable bonds is 6. The number of anilines is 2. The molecule has 1 aromatic rings. The molecular weight excluding hydrogens is 318 g/mol. The van der Waals surface area contributed by atoms with E-state index in [4.69, 9.17) is 22.1 Å². The van der Waals surface area contributed by atoms with Crippen molar-refractivity contribution in [2.45, 2.75) is 51.7 Å². The van der Waals surface area contributed by atoms with E-state index in [1.807, 2.05) is 25.7 Å². The first kappa shape index (κ1) is 17.6. The number of halogens is 1. The van der Waals surface area contributed by atoms with Crippen LogP contribution in [0.5, 0.6) is 0 Å². The van der Waals surface area contributed by atoms with E-state index in [0.717, 1.165) is 19.3 Å². The molecule has 0 aliphatic heterocycles. The Morgan fingerprint density at radius 2 is 2.17 bits per heavy atom. The largest absolute Gasteiger partial charge is 0.444 e. The molecule has 1 saturated carbocycles. The van der Waals surface area contributed by atoms with Crippen LogP contribution in [0.3, 0.4) is 0 Å². The number of nitrogens with zero attached hydrogens (tertiary/aromatic N) is 3. The highest BCUT2D eigenvalue weighted by atomic mass is 35.5. The van der Waals surface area contributed by atoms with E-state index in [2.05, 4.69) is 15.3 Å². The second-order valence-electron chi connectivity index (χ2n) is 6.62. The van der Waals surface area contributed by atoms with Crippen LogP contribution in [0.2, 0.25) is 5.15 Å². The van der Waals surface area contributed by atoms with Gasteiger partial charge in [-0.2, -0.15) is 4.98 Å². The second-order valence-corrected chi connectivity index (χ2v) is 7.01. The number of amides is 1. The summed E-state index contributed by atoms with van der Waals surface area (Å²) in [5, 5.41) is 3.43. The van der Waals surface area contributed by atoms with Crippen molar-refractivity contribution < 1.29 is 9.53 Å². The van der Waals surface area contributed by atoms with E-state index in [-0.39, 0.29) is 12.0 Å². The van der Waals surface area contributed by atoms with Crippen molar-refractivity contribution in [1.82, 2.24) is 14.9 Å². The first-order chi connectivity index (χ1) is 10.7. The van der Waals surface area contributed by atoms with Gasteiger partial charge in [-0.1, -0.05) is 11.6 Å². The van der Waals surface area contributed by atoms with E-state index in [9.17, 15) is 4.79 Å². The predicted molar refractivity (Wildman–Crippen MR) is 90.5 cm³/mol. The van der Waals surface area contributed by atoms with E-state index < -0.39 is 5.60 Å². The van der Waals surface area contributed by atoms with Crippen molar-refractivity contribution in [2.24, 2.45) is 0 Å². The van der Waals surface area contributed by atoms with E-state index in [1.54, 1.807) is 6.07 Å². The standard InChI is InChI=1S/C15H24ClN5O2/c1-15(2,3)23-14(22)21(10-5-6-10)8-4-7-18-12-9-11(16)19-13(17)20-12/h9-10H,4-8H2,1-3H3,(H3,17,18,19,20). The summed E-state index contributed by atoms with van der Waals surface area (Å²) in [5.41, 5.74) is 5.07. The molecule has 0 unspecified atom stereocenters. The van der Waals surface area contributed by atoms with E-state index in [0.29, 0.717) is 30.1 Å². The highest BCUT2D eigenvalue weighted by Crippen LogP contribution is 2.28. The quantitative estimate of drug-likeness (QED) is 0.610. The molecule has 1 fully saturated rings. The third-order valence-corrected chi connectivity index (χ3v) is 3.40. The lowest BCUT2D eigenvalue weighted by Gasteiger charge is -2.27. The molecule has 0 radical (unpaired) electrons. The molecule has 1 amide bonds. The number of hydrogen-bond acceptors (Lipinski definition) is 6. The molecule has 2 rings (SSSR count). The summed E-state index contributed by atoms with van der Waals surface area (Å²) in [5.74, 6) is 0.714. The lowest BCUT2D eigenvalue weighted by molar-refractivity contribution is 0.0233. The van der Waals surface area contributed by atoms with Crippen molar-refractivity contribution in [3.05, 3.63) is 11.2 Å². The fourth-order valence-corrected chi connectivity index (χ4v) is 2.31. The Labute approximate surface area is 141 Å². The first-order valence-corrected chi connectivity index (χ1v) is 8.16. The molecule has 8 heteroatoms. The predicted octanol–water partition coefficient (Wildman–Crippen LogP) is 2.91. The van der Waals surface area contributed by atoms with Gasteiger partial charge in [-0.25, -0.2) is 9.78 Å². The highest BCUT2D eigenvalue weighted by molar-refractivity contribution is 6.29. The number of nitrogens with one attached hydrogen (secondary N) is 1. The van der Waals surface area contributed by atoms with Crippen molar-refractivity contribution >= 4 is 29.5 Å². The zero-order chi connectivity index (χ0) is 17.0. The van der Waals surface area contributed by atoms with Gasteiger partial charge in [0.25, 0.3) is 0 Å². The molecule has 128 valence electrons. The first-order valence-electron chi connectivity index (χ1n) is 7.78. The molecule has 1 aliphatic rings. The molecule has 7 nitrogen and oxygen atoms in total. The molecule has 0 spiro atoms. The fourth-order valence-electron chi connectivity index (χ4n) is 2.12. The van der Waals surface area contributed by atoms with Gasteiger partial charge in [0.15, 0.2) is 0 Å². The maximum absolute atomic E-state index is 12.2. The third-order valence-electron chi connectivity index (χ3n) is 3.21. The maximum Gasteiger partial charge on any atom is 0.410 e. The molecule has 23 heavy (non-hydrogen) atoms. The Morgan fingerprint density at radius 3 is 2.74 bits per heavy atom. The van der Waals surface area contributed by atoms with Crippen LogP contribution in [0.25, 0.3) is 0 Å². The number of carbonyl (C=O) groups is 1. The molecule has 0 aromatic carbocycles. The Morgan fingerprint density at radius 1 is 1.48 bits per heavy atom. The zero-order valence-electron chi connectivity index (χ0n) is 13.8. The average molecular weight is 342 g/mol. The summed E-state index contributed by atoms with van der Waals surface area (Å²) < 4.78 is 5.46. The minimum absolute atomic E-state index is 0.133. The minimum atomic E-state index is -0.474. The average Bonchev–Trinajstić information content (AvgIpc) is 3.19. The normalized spacial score (nSPS) is 14.4. The smallest absolute Gasteiger partial charge is 0.410 e. The van der Waals surface area contributed by atoms with Crippen LogP contribution in [0.1, 0.15) is 40.0 Å². The summed E-state index contributed by atoms with van der Waals surface area (Å²) in [6.07, 6.45) is 2.63. The Hall–Kier alpha value is -1.76. The number of hydrogen-bond donors (Lipinski definition) is 2. The number of nitrogens with two attached hydrogens (primary N) is 1. The Kier molecular flexibility index (Phi) is 5.51. The van der Waals surface area contributed by atoms with Gasteiger partial charge in [-0.3, -0.25) is 0 Å². The van der Waals surface area contributed by atoms with Crippen LogP contribution in [-0.4, -0.2) is 45.7 Å². The highest BCUT2D eigenvalue weighted by Gasteiger charge is 2.34. The summed E-state index contributed by atoms with van der Waals surface area (Å²) >= 11 is 5.83. The summed E-state index contributed by atoms with van der Waals surface area (Å²) in [7, 11) is 0. The SMILES string of the molecule is CC(C)(C)OC(=O)N(CCCNc1cc(Cl)nc(N)n1)C1CC1. The van der Waals surface area contributed by atoms with Gasteiger partial charge >= 0.3 is 6.09 Å². The third kappa shape index (κ3) is 6.09. The van der Waals surface area contributed by atoms with Crippen LogP contribution in [0.4, 0.5) is 16.6 Å². The van der Waals surface area contributed by atoms with Gasteiger partial charge in [-0.15, -0.1) is 0 Å². The van der Waals surface area contributed by atoms with Gasteiger partial charge < -0.3 is 20.7 Å². The fraction of sp³-hybridized carbons (Fsp3) is 0.667. The van der Waals surface area contributed by atoms with Gasteiger partial charge in [0.05, 0.1) is 0 Å². The van der Waals surface area contributed by atoms with Crippen molar-refractivity contribution in [2.75, 3.05) is 24.1 Å². The van der Waals surface area contributed by atoms with Crippen LogP contribution in [-0.2, 0) is 4.74 Å². The maximum atomic E-state index is 12.2. The molecule has 0 bridgehead atoms. The van der Waals surface area contributed by atoms with Gasteiger partial charge in [-0.05, 0) is 40.0 Å². The van der Waals surface area contributed by atoms with Crippen LogP contribution >= 0.6 is 11.6 Å². The Bertz CT molecular complexity index is 537. The van der Waals surface area contributed by atoms with Crippen molar-refractivity contribution in [3.8, 4) is 0 Å². The molecule has 3 N–H and O–H groups in total. The number of ether oxygens (including phenoxy) is 1. The second kappa shape index (κ2) is 7.21. The number of nitrogen functional groups attached to an aromatic ring is 1. The van der Waals surface area contributed by atoms with Crippen LogP contribution < -0.4 is 11.1 Å². The van der Waals surface area contributed by atoms with Crippen molar-refractivity contribution in [1.29, 1.82) is 0 Å². The van der Waals surface area contributed by atoms with E-state index >= 15 is 0 Å². The summed E-state index contributed by atoms with van der Waals surface area (Å²) in [6, 6.07) is 1.93. The topological polar surface area (TPSA) is 93.4 Å². The van der Waals surface area contributed by atoms with E-state index in [1.165, 1.54) is 0 Å². The minimum Gasteiger partial charge on any atom is -0.444 e. The summed E-state index contributed by atoms with van der Waals surface area (Å²) in [4.78, 5) is 21.9. The lowest BCUT2D eigenvalue weighted by atomic mass is 10.2. The lowest BCUT2D eigenvalue weighted by Crippen LogP contribution is -2.39. The van der Waals surface area contributed by atoms with Crippen LogP contribution in [0, 0.1) is 0 Å². The molecule has 1 heterocycles. The monoisotopic (exact) mass is 341 g/mol. The zero-order valence-corrected chi connectivity index (χ0v) is 14.6. The molecular formula is C15H24ClN5O2. The van der Waals surface area contributed by atoms with Gasteiger partial charge in [0, 0.05) is 25.2 Å². The molecule has 1 aromatic heterocycles. The van der Waals surface area contributed by atoms with Gasteiger partial charge in [0.2, 0.25) is 5.95 Å². The molecule has 0 saturated heterocycles. The Balaban J connectivity index is 1.79. The van der Waals surface area contributed by atoms with Crippen LogP contribution in [0.15, 0.2) is 6.07 Å². The molecule has 1 aliphatic carbocycles. The molecule has 0 atom stereocenters. The van der Waals surface area contributed by atoms with Crippen molar-refractivity contribution in [3.63, 3.8) is 0 Å². The number of aromatic nitrogens is 2. The van der Waals surface area contributed by atoms with Gasteiger partial charge in [0.1, 0.15) is 16.6 Å².